The Kier molecular flexibility index (Phi) is 2.76. The minimum absolute atomic E-state index is 1.23. The third-order valence-corrected chi connectivity index (χ3v) is 2.52. The molecule has 0 fully saturated rings. The smallest absolute Gasteiger partial charge is 0.0380 e. The zero-order valence-electron chi connectivity index (χ0n) is 7.03. The quantitative estimate of drug-likeness (QED) is 0.766. The number of halogens is 1. The van der Waals surface area contributed by atoms with E-state index in [1.54, 1.807) is 0 Å². The number of benzene rings is 1. The fourth-order valence-electron chi connectivity index (χ4n) is 1.07. The van der Waals surface area contributed by atoms with Crippen molar-refractivity contribution in [1.82, 2.24) is 0 Å². The molecule has 0 aliphatic rings. The summed E-state index contributed by atoms with van der Waals surface area (Å²) in [7, 11) is 1.96. The van der Waals surface area contributed by atoms with Gasteiger partial charge in [0.05, 0.1) is 0 Å². The van der Waals surface area contributed by atoms with Crippen molar-refractivity contribution >= 4 is 28.3 Å². The van der Waals surface area contributed by atoms with Gasteiger partial charge in [0.2, 0.25) is 0 Å². The fourth-order valence-corrected chi connectivity index (χ4v) is 1.85. The molecule has 0 bridgehead atoms. The first kappa shape index (κ1) is 8.84. The molecule has 0 spiro atoms. The first-order valence-electron chi connectivity index (χ1n) is 3.59. The maximum Gasteiger partial charge on any atom is 0.0380 e. The lowest BCUT2D eigenvalue weighted by molar-refractivity contribution is 1.31. The Balaban J connectivity index is 3.24. The largest absolute Gasteiger partial charge is 0.388 e. The van der Waals surface area contributed by atoms with Crippen molar-refractivity contribution in [2.75, 3.05) is 12.4 Å². The van der Waals surface area contributed by atoms with Gasteiger partial charge in [-0.2, -0.15) is 0 Å². The monoisotopic (exact) mass is 261 g/mol. The highest BCUT2D eigenvalue weighted by Crippen LogP contribution is 2.21. The Hall–Kier alpha value is -0.250. The van der Waals surface area contributed by atoms with Crippen molar-refractivity contribution in [2.45, 2.75) is 13.8 Å². The van der Waals surface area contributed by atoms with Gasteiger partial charge in [0.15, 0.2) is 0 Å². The Morgan fingerprint density at radius 2 is 1.91 bits per heavy atom. The van der Waals surface area contributed by atoms with Crippen molar-refractivity contribution in [3.63, 3.8) is 0 Å². The normalized spacial score (nSPS) is 9.82. The van der Waals surface area contributed by atoms with Gasteiger partial charge in [0.1, 0.15) is 0 Å². The lowest BCUT2D eigenvalue weighted by Crippen LogP contribution is -1.94. The lowest BCUT2D eigenvalue weighted by Gasteiger charge is -2.08. The van der Waals surface area contributed by atoms with E-state index < -0.39 is 0 Å². The summed E-state index contributed by atoms with van der Waals surface area (Å²) >= 11 is 2.33. The summed E-state index contributed by atoms with van der Waals surface area (Å²) < 4.78 is 1.29. The van der Waals surface area contributed by atoms with E-state index in [1.807, 2.05) is 7.05 Å². The zero-order valence-corrected chi connectivity index (χ0v) is 9.19. The second kappa shape index (κ2) is 3.43. The zero-order chi connectivity index (χ0) is 8.43. The van der Waals surface area contributed by atoms with Gasteiger partial charge in [-0.15, -0.1) is 0 Å². The summed E-state index contributed by atoms with van der Waals surface area (Å²) in [6, 6.07) is 4.35. The number of hydrogen-bond acceptors (Lipinski definition) is 1. The minimum atomic E-state index is 1.23. The summed E-state index contributed by atoms with van der Waals surface area (Å²) in [5.74, 6) is 0. The number of anilines is 1. The summed E-state index contributed by atoms with van der Waals surface area (Å²) in [5.41, 5.74) is 3.92. The third kappa shape index (κ3) is 1.86. The SMILES string of the molecule is CNc1cc(I)cc(C)c1C. The Labute approximate surface area is 81.3 Å². The Bertz CT molecular complexity index is 269. The molecule has 1 N–H and O–H groups in total. The second-order valence-electron chi connectivity index (χ2n) is 2.65. The molecule has 60 valence electrons. The van der Waals surface area contributed by atoms with Gasteiger partial charge in [-0.05, 0) is 59.7 Å². The van der Waals surface area contributed by atoms with E-state index in [9.17, 15) is 0 Å². The van der Waals surface area contributed by atoms with Crippen LogP contribution in [0.1, 0.15) is 11.1 Å². The number of nitrogens with one attached hydrogen (secondary N) is 1. The van der Waals surface area contributed by atoms with E-state index in [0.717, 1.165) is 0 Å². The van der Waals surface area contributed by atoms with Crippen LogP contribution in [0.3, 0.4) is 0 Å². The van der Waals surface area contributed by atoms with Crippen LogP contribution < -0.4 is 5.32 Å². The van der Waals surface area contributed by atoms with E-state index in [4.69, 9.17) is 0 Å². The van der Waals surface area contributed by atoms with E-state index in [1.165, 1.54) is 20.4 Å². The summed E-state index contributed by atoms with van der Waals surface area (Å²) in [4.78, 5) is 0. The summed E-state index contributed by atoms with van der Waals surface area (Å²) in [6.45, 7) is 4.27. The van der Waals surface area contributed by atoms with Gasteiger partial charge < -0.3 is 5.32 Å². The van der Waals surface area contributed by atoms with E-state index in [2.05, 4.69) is 53.9 Å². The van der Waals surface area contributed by atoms with Crippen molar-refractivity contribution in [2.24, 2.45) is 0 Å². The molecule has 1 aromatic carbocycles. The highest BCUT2D eigenvalue weighted by atomic mass is 127. The molecule has 0 radical (unpaired) electrons. The molecule has 1 rings (SSSR count). The maximum absolute atomic E-state index is 3.17. The van der Waals surface area contributed by atoms with Crippen molar-refractivity contribution in [3.8, 4) is 0 Å². The predicted octanol–water partition coefficient (Wildman–Crippen LogP) is 2.95. The average molecular weight is 261 g/mol. The summed E-state index contributed by atoms with van der Waals surface area (Å²) in [5, 5.41) is 3.17. The van der Waals surface area contributed by atoms with E-state index in [-0.39, 0.29) is 0 Å². The van der Waals surface area contributed by atoms with Crippen LogP contribution in [0.15, 0.2) is 12.1 Å². The molecular formula is C9H12IN. The van der Waals surface area contributed by atoms with Gasteiger partial charge in [0.25, 0.3) is 0 Å². The van der Waals surface area contributed by atoms with Crippen LogP contribution in [-0.2, 0) is 0 Å². The first-order chi connectivity index (χ1) is 5.15. The molecule has 0 aromatic heterocycles. The molecule has 0 amide bonds. The van der Waals surface area contributed by atoms with E-state index >= 15 is 0 Å². The third-order valence-electron chi connectivity index (χ3n) is 1.90. The average Bonchev–Trinajstić information content (AvgIpc) is 1.96. The van der Waals surface area contributed by atoms with Crippen molar-refractivity contribution < 1.29 is 0 Å². The van der Waals surface area contributed by atoms with Crippen LogP contribution in [0, 0.1) is 17.4 Å². The fraction of sp³-hybridized carbons (Fsp3) is 0.333. The summed E-state index contributed by atoms with van der Waals surface area (Å²) in [6.07, 6.45) is 0. The molecule has 0 atom stereocenters. The maximum atomic E-state index is 3.17. The number of hydrogen-bond donors (Lipinski definition) is 1. The van der Waals surface area contributed by atoms with Gasteiger partial charge in [-0.3, -0.25) is 0 Å². The Morgan fingerprint density at radius 1 is 1.27 bits per heavy atom. The molecule has 0 aliphatic heterocycles. The van der Waals surface area contributed by atoms with Crippen LogP contribution in [-0.4, -0.2) is 7.05 Å². The molecule has 2 heteroatoms. The molecule has 11 heavy (non-hydrogen) atoms. The standard InChI is InChI=1S/C9H12IN/c1-6-4-8(10)5-9(11-3)7(6)2/h4-5,11H,1-3H3. The van der Waals surface area contributed by atoms with Gasteiger partial charge in [0, 0.05) is 16.3 Å². The van der Waals surface area contributed by atoms with Crippen LogP contribution in [0.5, 0.6) is 0 Å². The first-order valence-corrected chi connectivity index (χ1v) is 4.67. The number of aryl methyl sites for hydroxylation is 1. The lowest BCUT2D eigenvalue weighted by atomic mass is 10.1. The molecule has 1 aromatic rings. The highest BCUT2D eigenvalue weighted by molar-refractivity contribution is 14.1. The van der Waals surface area contributed by atoms with E-state index in [0.29, 0.717) is 0 Å². The van der Waals surface area contributed by atoms with Crippen LogP contribution >= 0.6 is 22.6 Å². The molecule has 0 heterocycles. The minimum Gasteiger partial charge on any atom is -0.388 e. The second-order valence-corrected chi connectivity index (χ2v) is 3.89. The molecule has 1 nitrogen and oxygen atoms in total. The predicted molar refractivity (Wildman–Crippen MR) is 58.2 cm³/mol. The molecule has 0 aliphatic carbocycles. The van der Waals surface area contributed by atoms with Gasteiger partial charge in [-0.25, -0.2) is 0 Å². The topological polar surface area (TPSA) is 12.0 Å². The number of rotatable bonds is 1. The van der Waals surface area contributed by atoms with Crippen molar-refractivity contribution in [3.05, 3.63) is 26.8 Å². The molecule has 0 saturated carbocycles. The van der Waals surface area contributed by atoms with Crippen LogP contribution in [0.25, 0.3) is 0 Å². The Morgan fingerprint density at radius 3 is 2.45 bits per heavy atom. The molecule has 0 unspecified atom stereocenters. The van der Waals surface area contributed by atoms with Crippen LogP contribution in [0.2, 0.25) is 0 Å². The van der Waals surface area contributed by atoms with Gasteiger partial charge in [-0.1, -0.05) is 0 Å². The molecular weight excluding hydrogens is 249 g/mol. The van der Waals surface area contributed by atoms with Crippen molar-refractivity contribution in [1.29, 1.82) is 0 Å². The highest BCUT2D eigenvalue weighted by Gasteiger charge is 1.99. The van der Waals surface area contributed by atoms with Gasteiger partial charge >= 0.3 is 0 Å². The van der Waals surface area contributed by atoms with Crippen LogP contribution in [0.4, 0.5) is 5.69 Å². The molecule has 0 saturated heterocycles.